The Labute approximate surface area is 196 Å². The molecule has 0 aliphatic rings. The first kappa shape index (κ1) is 24.0. The predicted molar refractivity (Wildman–Crippen MR) is 126 cm³/mol. The van der Waals surface area contributed by atoms with Gasteiger partial charge in [-0.05, 0) is 55.5 Å². The smallest absolute Gasteiger partial charge is 0.343 e. The monoisotopic (exact) mass is 461 g/mol. The molecule has 0 aliphatic heterocycles. The summed E-state index contributed by atoms with van der Waals surface area (Å²) in [6.45, 7) is 2.22. The highest BCUT2D eigenvalue weighted by Gasteiger charge is 2.15. The Morgan fingerprint density at radius 2 is 1.56 bits per heavy atom. The number of methoxy groups -OCH3 is 1. The van der Waals surface area contributed by atoms with E-state index in [-0.39, 0.29) is 5.75 Å². The highest BCUT2D eigenvalue weighted by Crippen LogP contribution is 2.23. The van der Waals surface area contributed by atoms with Crippen molar-refractivity contribution in [2.24, 2.45) is 5.10 Å². The van der Waals surface area contributed by atoms with Gasteiger partial charge in [0.2, 0.25) is 0 Å². The summed E-state index contributed by atoms with van der Waals surface area (Å²) in [6, 6.07) is 19.9. The topological polar surface area (TPSA) is 115 Å². The van der Waals surface area contributed by atoms with Crippen LogP contribution in [-0.2, 0) is 9.59 Å². The van der Waals surface area contributed by atoms with Gasteiger partial charge in [-0.1, -0.05) is 24.3 Å². The van der Waals surface area contributed by atoms with Crippen LogP contribution in [0.25, 0.3) is 0 Å². The zero-order valence-corrected chi connectivity index (χ0v) is 18.6. The van der Waals surface area contributed by atoms with Gasteiger partial charge in [-0.15, -0.1) is 0 Å². The van der Waals surface area contributed by atoms with Crippen LogP contribution in [0, 0.1) is 0 Å². The molecule has 0 radical (unpaired) electrons. The van der Waals surface area contributed by atoms with Gasteiger partial charge in [-0.3, -0.25) is 9.59 Å². The number of hydrazone groups is 1. The van der Waals surface area contributed by atoms with Crippen molar-refractivity contribution >= 4 is 29.7 Å². The third-order valence-electron chi connectivity index (χ3n) is 4.46. The van der Waals surface area contributed by atoms with Crippen molar-refractivity contribution in [3.63, 3.8) is 0 Å². The van der Waals surface area contributed by atoms with E-state index in [0.29, 0.717) is 34.9 Å². The first-order valence-corrected chi connectivity index (χ1v) is 10.3. The molecule has 3 rings (SSSR count). The Balaban J connectivity index is 1.62. The van der Waals surface area contributed by atoms with Gasteiger partial charge in [0, 0.05) is 5.56 Å². The molecular weight excluding hydrogens is 438 g/mol. The van der Waals surface area contributed by atoms with Crippen LogP contribution in [0.15, 0.2) is 77.9 Å². The second-order valence-electron chi connectivity index (χ2n) is 6.74. The summed E-state index contributed by atoms with van der Waals surface area (Å²) >= 11 is 0. The molecule has 0 aromatic heterocycles. The number of nitrogens with one attached hydrogen (secondary N) is 2. The number of ether oxygens (including phenoxy) is 3. The Bertz CT molecular complexity index is 1190. The van der Waals surface area contributed by atoms with Crippen molar-refractivity contribution in [2.75, 3.05) is 19.0 Å². The van der Waals surface area contributed by atoms with Crippen LogP contribution in [0.1, 0.15) is 22.8 Å². The summed E-state index contributed by atoms with van der Waals surface area (Å²) in [6.07, 6.45) is 1.27. The maximum Gasteiger partial charge on any atom is 0.343 e. The Morgan fingerprint density at radius 3 is 2.26 bits per heavy atom. The highest BCUT2D eigenvalue weighted by atomic mass is 16.5. The minimum atomic E-state index is -0.977. The van der Waals surface area contributed by atoms with Crippen LogP contribution in [0.3, 0.4) is 0 Å². The van der Waals surface area contributed by atoms with Crippen LogP contribution >= 0.6 is 0 Å². The average Bonchev–Trinajstić information content (AvgIpc) is 2.86. The molecule has 0 spiro atoms. The normalized spacial score (nSPS) is 10.4. The van der Waals surface area contributed by atoms with E-state index < -0.39 is 17.8 Å². The fourth-order valence-electron chi connectivity index (χ4n) is 2.81. The van der Waals surface area contributed by atoms with E-state index in [4.69, 9.17) is 14.2 Å². The number of para-hydroxylation sites is 3. The molecule has 9 heteroatoms. The molecule has 174 valence electrons. The third-order valence-corrected chi connectivity index (χ3v) is 4.46. The minimum absolute atomic E-state index is 0.233. The van der Waals surface area contributed by atoms with E-state index in [9.17, 15) is 14.4 Å². The van der Waals surface area contributed by atoms with Crippen LogP contribution in [-0.4, -0.2) is 37.7 Å². The summed E-state index contributed by atoms with van der Waals surface area (Å²) in [7, 11) is 1.53. The molecule has 0 heterocycles. The van der Waals surface area contributed by atoms with E-state index in [1.165, 1.54) is 13.3 Å². The van der Waals surface area contributed by atoms with E-state index in [1.807, 2.05) is 6.92 Å². The first-order valence-electron chi connectivity index (χ1n) is 10.3. The van der Waals surface area contributed by atoms with E-state index >= 15 is 0 Å². The number of hydrogen-bond donors (Lipinski definition) is 2. The summed E-state index contributed by atoms with van der Waals surface area (Å²) in [5.41, 5.74) is 3.28. The maximum absolute atomic E-state index is 12.4. The molecule has 3 aromatic rings. The Hall–Kier alpha value is -4.66. The van der Waals surface area contributed by atoms with Gasteiger partial charge in [0.05, 0.1) is 31.2 Å². The van der Waals surface area contributed by atoms with Crippen LogP contribution in [0.2, 0.25) is 0 Å². The minimum Gasteiger partial charge on any atom is -0.497 e. The molecule has 2 amide bonds. The molecule has 0 bridgehead atoms. The molecule has 0 unspecified atom stereocenters. The van der Waals surface area contributed by atoms with E-state index in [0.717, 1.165) is 0 Å². The fraction of sp³-hybridized carbons (Fsp3) is 0.120. The number of rotatable bonds is 8. The lowest BCUT2D eigenvalue weighted by atomic mass is 10.2. The molecule has 34 heavy (non-hydrogen) atoms. The number of nitrogens with zero attached hydrogens (tertiary/aromatic N) is 1. The third kappa shape index (κ3) is 6.42. The predicted octanol–water partition coefficient (Wildman–Crippen LogP) is 3.40. The summed E-state index contributed by atoms with van der Waals surface area (Å²) in [5.74, 6) is -1.16. The van der Waals surface area contributed by atoms with Crippen molar-refractivity contribution in [2.45, 2.75) is 6.92 Å². The Morgan fingerprint density at radius 1 is 0.882 bits per heavy atom. The Kier molecular flexibility index (Phi) is 8.34. The van der Waals surface area contributed by atoms with Crippen LogP contribution in [0.5, 0.6) is 17.2 Å². The van der Waals surface area contributed by atoms with E-state index in [1.54, 1.807) is 72.8 Å². The maximum atomic E-state index is 12.4. The van der Waals surface area contributed by atoms with Crippen molar-refractivity contribution in [3.8, 4) is 17.2 Å². The number of benzene rings is 3. The number of esters is 1. The van der Waals surface area contributed by atoms with Gasteiger partial charge in [0.1, 0.15) is 17.2 Å². The van der Waals surface area contributed by atoms with Gasteiger partial charge < -0.3 is 19.5 Å². The van der Waals surface area contributed by atoms with Gasteiger partial charge in [0.15, 0.2) is 0 Å². The second kappa shape index (κ2) is 11.8. The number of carbonyl (C=O) groups is 3. The molecule has 3 aromatic carbocycles. The van der Waals surface area contributed by atoms with Gasteiger partial charge in [-0.25, -0.2) is 10.2 Å². The van der Waals surface area contributed by atoms with Crippen molar-refractivity contribution in [1.82, 2.24) is 5.43 Å². The molecule has 0 atom stereocenters. The summed E-state index contributed by atoms with van der Waals surface area (Å²) in [5, 5.41) is 6.28. The number of anilines is 1. The molecule has 0 aliphatic carbocycles. The molecule has 2 N–H and O–H groups in total. The summed E-state index contributed by atoms with van der Waals surface area (Å²) in [4.78, 5) is 36.8. The lowest BCUT2D eigenvalue weighted by Gasteiger charge is -2.10. The standard InChI is InChI=1S/C25H23N3O6/c1-3-33-22-11-7-5-9-20(22)27-23(29)24(30)28-26-16-18-8-4-6-10-21(18)34-25(31)17-12-14-19(32-2)15-13-17/h4-16H,3H2,1-2H3,(H,27,29)(H,28,30). The molecule has 0 saturated carbocycles. The number of carbonyl (C=O) groups excluding carboxylic acids is 3. The van der Waals surface area contributed by atoms with Crippen molar-refractivity contribution in [1.29, 1.82) is 0 Å². The van der Waals surface area contributed by atoms with Crippen molar-refractivity contribution < 1.29 is 28.6 Å². The van der Waals surface area contributed by atoms with Crippen LogP contribution < -0.4 is 25.0 Å². The highest BCUT2D eigenvalue weighted by molar-refractivity contribution is 6.39. The largest absolute Gasteiger partial charge is 0.497 e. The average molecular weight is 461 g/mol. The quantitative estimate of drug-likeness (QED) is 0.175. The molecule has 0 saturated heterocycles. The fourth-order valence-corrected chi connectivity index (χ4v) is 2.81. The zero-order chi connectivity index (χ0) is 24.3. The van der Waals surface area contributed by atoms with E-state index in [2.05, 4.69) is 15.8 Å². The molecular formula is C25H23N3O6. The first-order chi connectivity index (χ1) is 16.5. The molecule has 9 nitrogen and oxygen atoms in total. The van der Waals surface area contributed by atoms with Gasteiger partial charge in [-0.2, -0.15) is 5.10 Å². The van der Waals surface area contributed by atoms with Crippen LogP contribution in [0.4, 0.5) is 5.69 Å². The lowest BCUT2D eigenvalue weighted by Crippen LogP contribution is -2.32. The number of hydrogen-bond acceptors (Lipinski definition) is 7. The molecule has 0 fully saturated rings. The van der Waals surface area contributed by atoms with Crippen molar-refractivity contribution in [3.05, 3.63) is 83.9 Å². The second-order valence-corrected chi connectivity index (χ2v) is 6.74. The lowest BCUT2D eigenvalue weighted by molar-refractivity contribution is -0.136. The SMILES string of the molecule is CCOc1ccccc1NC(=O)C(=O)NN=Cc1ccccc1OC(=O)c1ccc(OC)cc1. The zero-order valence-electron chi connectivity index (χ0n) is 18.6. The number of amides is 2. The van der Waals surface area contributed by atoms with Gasteiger partial charge in [0.25, 0.3) is 0 Å². The summed E-state index contributed by atoms with van der Waals surface area (Å²) < 4.78 is 15.9. The van der Waals surface area contributed by atoms with Gasteiger partial charge >= 0.3 is 17.8 Å².